The third kappa shape index (κ3) is 5.58. The second kappa shape index (κ2) is 10.6. The lowest BCUT2D eigenvalue weighted by atomic mass is 10.1. The highest BCUT2D eigenvalue weighted by Gasteiger charge is 2.35. The van der Waals surface area contributed by atoms with Gasteiger partial charge in [-0.1, -0.05) is 65.2 Å². The van der Waals surface area contributed by atoms with E-state index in [0.29, 0.717) is 26.4 Å². The standard InChI is InChI=1S/C26H21Cl2NO4S/c1-16-3-5-17(6-4-16)14-29-25(30)24(34-26(29)31)13-18-8-10-22(23(12-18)32-2)33-15-19-7-9-20(27)21(28)11-19/h3-13H,14-15H2,1-2H3/b24-13-. The quantitative estimate of drug-likeness (QED) is 0.314. The highest BCUT2D eigenvalue weighted by Crippen LogP contribution is 2.35. The lowest BCUT2D eigenvalue weighted by Crippen LogP contribution is -2.27. The smallest absolute Gasteiger partial charge is 0.293 e. The number of rotatable bonds is 7. The van der Waals surface area contributed by atoms with Gasteiger partial charge in [0, 0.05) is 0 Å². The predicted molar refractivity (Wildman–Crippen MR) is 136 cm³/mol. The highest BCUT2D eigenvalue weighted by molar-refractivity contribution is 8.18. The highest BCUT2D eigenvalue weighted by atomic mass is 35.5. The summed E-state index contributed by atoms with van der Waals surface area (Å²) in [6.45, 7) is 2.52. The number of benzene rings is 3. The van der Waals surface area contributed by atoms with E-state index in [9.17, 15) is 9.59 Å². The van der Waals surface area contributed by atoms with Gasteiger partial charge in [0.1, 0.15) is 6.61 Å². The minimum atomic E-state index is -0.311. The molecule has 3 aromatic carbocycles. The van der Waals surface area contributed by atoms with Crippen molar-refractivity contribution >= 4 is 52.2 Å². The van der Waals surface area contributed by atoms with Crippen LogP contribution in [-0.2, 0) is 17.9 Å². The fourth-order valence-corrected chi connectivity index (χ4v) is 4.51. The summed E-state index contributed by atoms with van der Waals surface area (Å²) < 4.78 is 11.4. The fraction of sp³-hybridized carbons (Fsp3) is 0.154. The molecular weight excluding hydrogens is 493 g/mol. The van der Waals surface area contributed by atoms with Crippen molar-refractivity contribution in [2.24, 2.45) is 0 Å². The van der Waals surface area contributed by atoms with Crippen molar-refractivity contribution in [1.29, 1.82) is 0 Å². The molecule has 4 rings (SSSR count). The van der Waals surface area contributed by atoms with Crippen molar-refractivity contribution < 1.29 is 19.1 Å². The van der Waals surface area contributed by atoms with E-state index in [2.05, 4.69) is 0 Å². The number of thioether (sulfide) groups is 1. The summed E-state index contributed by atoms with van der Waals surface area (Å²) in [5, 5.41) is 0.655. The van der Waals surface area contributed by atoms with Gasteiger partial charge in [-0.2, -0.15) is 0 Å². The van der Waals surface area contributed by atoms with E-state index < -0.39 is 0 Å². The van der Waals surface area contributed by atoms with Crippen LogP contribution in [0, 0.1) is 6.92 Å². The van der Waals surface area contributed by atoms with Crippen LogP contribution in [0.4, 0.5) is 4.79 Å². The van der Waals surface area contributed by atoms with Crippen LogP contribution >= 0.6 is 35.0 Å². The Morgan fingerprint density at radius 2 is 1.65 bits per heavy atom. The van der Waals surface area contributed by atoms with E-state index in [-0.39, 0.29) is 24.3 Å². The maximum absolute atomic E-state index is 12.9. The van der Waals surface area contributed by atoms with Crippen LogP contribution in [0.15, 0.2) is 65.6 Å². The molecule has 174 valence electrons. The molecule has 2 amide bonds. The SMILES string of the molecule is COc1cc(/C=C2\SC(=O)N(Cc3ccc(C)cc3)C2=O)ccc1OCc1ccc(Cl)c(Cl)c1. The Labute approximate surface area is 212 Å². The van der Waals surface area contributed by atoms with Crippen molar-refractivity contribution in [2.45, 2.75) is 20.1 Å². The Kier molecular flexibility index (Phi) is 7.51. The number of carbonyl (C=O) groups excluding carboxylic acids is 2. The lowest BCUT2D eigenvalue weighted by molar-refractivity contribution is -0.123. The van der Waals surface area contributed by atoms with Gasteiger partial charge < -0.3 is 9.47 Å². The van der Waals surface area contributed by atoms with Gasteiger partial charge in [-0.25, -0.2) is 0 Å². The molecule has 0 radical (unpaired) electrons. The number of aryl methyl sites for hydroxylation is 1. The molecule has 0 N–H and O–H groups in total. The van der Waals surface area contributed by atoms with E-state index in [1.54, 1.807) is 43.5 Å². The lowest BCUT2D eigenvalue weighted by Gasteiger charge is -2.13. The zero-order valence-electron chi connectivity index (χ0n) is 18.5. The molecule has 0 saturated carbocycles. The predicted octanol–water partition coefficient (Wildman–Crippen LogP) is 7.13. The van der Waals surface area contributed by atoms with E-state index in [4.69, 9.17) is 32.7 Å². The fourth-order valence-electron chi connectivity index (χ4n) is 3.35. The summed E-state index contributed by atoms with van der Waals surface area (Å²) >= 11 is 13.0. The van der Waals surface area contributed by atoms with E-state index >= 15 is 0 Å². The van der Waals surface area contributed by atoms with Crippen molar-refractivity contribution in [3.05, 3.63) is 97.9 Å². The first-order valence-corrected chi connectivity index (χ1v) is 12.0. The number of amides is 2. The molecule has 1 heterocycles. The van der Waals surface area contributed by atoms with Crippen LogP contribution in [-0.4, -0.2) is 23.2 Å². The van der Waals surface area contributed by atoms with E-state index in [1.165, 1.54) is 4.90 Å². The van der Waals surface area contributed by atoms with Crippen LogP contribution in [0.2, 0.25) is 10.0 Å². The largest absolute Gasteiger partial charge is 0.493 e. The van der Waals surface area contributed by atoms with Gasteiger partial charge in [-0.05, 0) is 65.7 Å². The van der Waals surface area contributed by atoms with Gasteiger partial charge >= 0.3 is 0 Å². The summed E-state index contributed by atoms with van der Waals surface area (Å²) in [5.74, 6) is 0.736. The van der Waals surface area contributed by atoms with Crippen LogP contribution < -0.4 is 9.47 Å². The van der Waals surface area contributed by atoms with Gasteiger partial charge in [0.15, 0.2) is 11.5 Å². The first kappa shape index (κ1) is 24.2. The van der Waals surface area contributed by atoms with Gasteiger partial charge in [-0.3, -0.25) is 14.5 Å². The summed E-state index contributed by atoms with van der Waals surface area (Å²) in [7, 11) is 1.54. The molecule has 1 saturated heterocycles. The number of nitrogens with zero attached hydrogens (tertiary/aromatic N) is 1. The molecule has 1 aliphatic heterocycles. The summed E-state index contributed by atoms with van der Waals surface area (Å²) in [4.78, 5) is 26.9. The Morgan fingerprint density at radius 1 is 0.912 bits per heavy atom. The van der Waals surface area contributed by atoms with Crippen molar-refractivity contribution in [1.82, 2.24) is 4.90 Å². The first-order valence-electron chi connectivity index (χ1n) is 10.4. The molecular formula is C26H21Cl2NO4S. The van der Waals surface area contributed by atoms with Crippen molar-refractivity contribution in [2.75, 3.05) is 7.11 Å². The van der Waals surface area contributed by atoms with Crippen LogP contribution in [0.5, 0.6) is 11.5 Å². The molecule has 34 heavy (non-hydrogen) atoms. The summed E-state index contributed by atoms with van der Waals surface area (Å²) in [6.07, 6.45) is 1.69. The van der Waals surface area contributed by atoms with Gasteiger partial charge in [-0.15, -0.1) is 0 Å². The summed E-state index contributed by atoms with van der Waals surface area (Å²) in [5.41, 5.74) is 3.61. The average Bonchev–Trinajstić information content (AvgIpc) is 3.08. The third-order valence-corrected chi connectivity index (χ3v) is 6.85. The second-order valence-electron chi connectivity index (χ2n) is 7.70. The monoisotopic (exact) mass is 513 g/mol. The van der Waals surface area contributed by atoms with Gasteiger partial charge in [0.2, 0.25) is 0 Å². The Balaban J connectivity index is 1.47. The maximum atomic E-state index is 12.9. The average molecular weight is 514 g/mol. The molecule has 3 aromatic rings. The van der Waals surface area contributed by atoms with Crippen molar-refractivity contribution in [3.8, 4) is 11.5 Å². The second-order valence-corrected chi connectivity index (χ2v) is 9.51. The third-order valence-electron chi connectivity index (χ3n) is 5.20. The summed E-state index contributed by atoms with van der Waals surface area (Å²) in [6, 6.07) is 18.4. The maximum Gasteiger partial charge on any atom is 0.293 e. The minimum Gasteiger partial charge on any atom is -0.493 e. The zero-order chi connectivity index (χ0) is 24.2. The molecule has 0 aliphatic carbocycles. The molecule has 0 aromatic heterocycles. The Hall–Kier alpha value is -2.93. The number of methoxy groups -OCH3 is 1. The number of imide groups is 1. The molecule has 8 heteroatoms. The number of hydrogen-bond acceptors (Lipinski definition) is 5. The zero-order valence-corrected chi connectivity index (χ0v) is 20.8. The van der Waals surface area contributed by atoms with Crippen molar-refractivity contribution in [3.63, 3.8) is 0 Å². The number of hydrogen-bond donors (Lipinski definition) is 0. The number of ether oxygens (including phenoxy) is 2. The Bertz CT molecular complexity index is 1270. The molecule has 0 atom stereocenters. The van der Waals surface area contributed by atoms with Crippen LogP contribution in [0.3, 0.4) is 0 Å². The molecule has 0 bridgehead atoms. The molecule has 0 spiro atoms. The van der Waals surface area contributed by atoms with Gasteiger partial charge in [0.25, 0.3) is 11.1 Å². The number of carbonyl (C=O) groups is 2. The minimum absolute atomic E-state index is 0.243. The molecule has 1 fully saturated rings. The molecule has 5 nitrogen and oxygen atoms in total. The molecule has 1 aliphatic rings. The molecule has 0 unspecified atom stereocenters. The number of halogens is 2. The Morgan fingerprint density at radius 3 is 2.35 bits per heavy atom. The first-order chi connectivity index (χ1) is 16.3. The van der Waals surface area contributed by atoms with E-state index in [1.807, 2.05) is 37.3 Å². The normalized spacial score (nSPS) is 14.7. The topological polar surface area (TPSA) is 55.8 Å². The van der Waals surface area contributed by atoms with E-state index in [0.717, 1.165) is 34.0 Å². The van der Waals surface area contributed by atoms with Gasteiger partial charge in [0.05, 0.1) is 28.6 Å². The van der Waals surface area contributed by atoms with Crippen LogP contribution in [0.1, 0.15) is 22.3 Å². The van der Waals surface area contributed by atoms with Crippen LogP contribution in [0.25, 0.3) is 6.08 Å².